The minimum atomic E-state index is 0.570. The van der Waals surface area contributed by atoms with Crippen LogP contribution in [0.15, 0.2) is 499 Å². The van der Waals surface area contributed by atoms with Crippen molar-refractivity contribution in [2.24, 2.45) is 0 Å². The summed E-state index contributed by atoms with van der Waals surface area (Å²) in [6.07, 6.45) is 0. The normalized spacial score (nSPS) is 11.6. The zero-order valence-electron chi connectivity index (χ0n) is 77.3. The summed E-state index contributed by atoms with van der Waals surface area (Å²) in [7, 11) is 0. The molecular formula is C129H80N12O3. The fraction of sp³-hybridized carbons (Fsp3) is 0. The number of fused-ring (bicyclic) bond motifs is 18. The van der Waals surface area contributed by atoms with E-state index in [2.05, 4.69) is 341 Å². The van der Waals surface area contributed by atoms with Crippen molar-refractivity contribution in [3.63, 3.8) is 0 Å². The zero-order valence-corrected chi connectivity index (χ0v) is 77.3. The third kappa shape index (κ3) is 15.0. The van der Waals surface area contributed by atoms with E-state index < -0.39 is 0 Å². The fourth-order valence-electron chi connectivity index (χ4n) is 20.4. The molecule has 0 aliphatic heterocycles. The van der Waals surface area contributed by atoms with Crippen LogP contribution in [0.3, 0.4) is 0 Å². The summed E-state index contributed by atoms with van der Waals surface area (Å²) in [5, 5.41) is 13.9. The van der Waals surface area contributed by atoms with Gasteiger partial charge in [-0.3, -0.25) is 0 Å². The van der Waals surface area contributed by atoms with E-state index in [0.29, 0.717) is 52.4 Å². The molecule has 0 aliphatic rings. The molecule has 0 fully saturated rings. The molecule has 15 nitrogen and oxygen atoms in total. The summed E-state index contributed by atoms with van der Waals surface area (Å²) in [5.74, 6) is 5.50. The number of benzene rings is 20. The van der Waals surface area contributed by atoms with Gasteiger partial charge in [-0.1, -0.05) is 352 Å². The summed E-state index contributed by atoms with van der Waals surface area (Å²) >= 11 is 0. The van der Waals surface area contributed by atoms with Gasteiger partial charge in [0.05, 0.1) is 38.7 Å². The number of aromatic nitrogens is 12. The van der Waals surface area contributed by atoms with E-state index in [-0.39, 0.29) is 0 Å². The van der Waals surface area contributed by atoms with Crippen LogP contribution in [-0.2, 0) is 0 Å². The first-order valence-electron chi connectivity index (χ1n) is 48.0. The maximum atomic E-state index is 6.39. The molecule has 0 aliphatic carbocycles. The predicted octanol–water partition coefficient (Wildman–Crippen LogP) is 32.9. The SMILES string of the molecule is c1ccc(-c2nc(-c3ccc(-n4c5ccccc5c5ccccc54)cc3)nc(-c3cccc(-c4ccc5oc6ccccc6c5c4)c3)n2)cc1.c1ccc(-c2nc(-c3cccc(-c4cccc5c4oc4ccccc45)c3)nc(-c3cccc(-n4c5ccccc5c5ccccc54)c3)n2)cc1.c1ccc(-c2nc(-c3cccc(-n4c5ccccc5c5ccccc54)c3)nc(-c3cccc4c3oc3ccccc34)n2)cc1. The molecular weight excluding hydrogens is 1770 g/mol. The maximum absolute atomic E-state index is 6.39. The Labute approximate surface area is 824 Å². The van der Waals surface area contributed by atoms with Gasteiger partial charge >= 0.3 is 0 Å². The molecule has 0 saturated carbocycles. The van der Waals surface area contributed by atoms with E-state index in [1.165, 1.54) is 43.4 Å². The molecule has 20 aromatic carbocycles. The summed E-state index contributed by atoms with van der Waals surface area (Å²) < 4.78 is 25.8. The van der Waals surface area contributed by atoms with Crippen molar-refractivity contribution in [1.82, 2.24) is 58.6 Å². The first-order chi connectivity index (χ1) is 71.4. The van der Waals surface area contributed by atoms with Crippen molar-refractivity contribution in [2.75, 3.05) is 0 Å². The van der Waals surface area contributed by atoms with E-state index in [0.717, 1.165) is 177 Å². The molecule has 29 aromatic rings. The smallest absolute Gasteiger partial charge is 0.167 e. The Morgan fingerprint density at radius 2 is 0.382 bits per heavy atom. The quantitative estimate of drug-likeness (QED) is 0.101. The monoisotopic (exact) mass is 1840 g/mol. The molecule has 9 heterocycles. The minimum absolute atomic E-state index is 0.570. The van der Waals surface area contributed by atoms with E-state index >= 15 is 0 Å². The molecule has 0 bridgehead atoms. The highest BCUT2D eigenvalue weighted by atomic mass is 16.3. The molecule has 0 radical (unpaired) electrons. The first-order valence-corrected chi connectivity index (χ1v) is 48.0. The Balaban J connectivity index is 0.000000108. The molecule has 144 heavy (non-hydrogen) atoms. The van der Waals surface area contributed by atoms with Crippen molar-refractivity contribution < 1.29 is 13.3 Å². The van der Waals surface area contributed by atoms with Gasteiger partial charge in [-0.15, -0.1) is 0 Å². The number of hydrogen-bond acceptors (Lipinski definition) is 12. The minimum Gasteiger partial charge on any atom is -0.456 e. The Morgan fingerprint density at radius 1 is 0.132 bits per heavy atom. The van der Waals surface area contributed by atoms with Crippen molar-refractivity contribution in [3.05, 3.63) is 485 Å². The summed E-state index contributed by atoms with van der Waals surface area (Å²) in [6, 6.07) is 167. The van der Waals surface area contributed by atoms with Crippen LogP contribution in [-0.4, -0.2) is 58.6 Å². The second-order valence-corrected chi connectivity index (χ2v) is 35.8. The lowest BCUT2D eigenvalue weighted by Crippen LogP contribution is -2.01. The highest BCUT2D eigenvalue weighted by Gasteiger charge is 2.25. The fourth-order valence-corrected chi connectivity index (χ4v) is 20.4. The molecule has 674 valence electrons. The van der Waals surface area contributed by atoms with Gasteiger partial charge in [0, 0.05) is 132 Å². The van der Waals surface area contributed by atoms with Gasteiger partial charge in [0.1, 0.15) is 33.5 Å². The van der Waals surface area contributed by atoms with Crippen LogP contribution in [0.1, 0.15) is 0 Å². The van der Waals surface area contributed by atoms with Crippen LogP contribution in [0.4, 0.5) is 0 Å². The predicted molar refractivity (Wildman–Crippen MR) is 584 cm³/mol. The van der Waals surface area contributed by atoms with E-state index in [9.17, 15) is 0 Å². The topological polar surface area (TPSA) is 170 Å². The Kier molecular flexibility index (Phi) is 20.5. The molecule has 0 atom stereocenters. The average molecular weight is 1850 g/mol. The summed E-state index contributed by atoms with van der Waals surface area (Å²) in [5.41, 5.74) is 27.7. The van der Waals surface area contributed by atoms with Gasteiger partial charge < -0.3 is 27.0 Å². The molecule has 9 aromatic heterocycles. The van der Waals surface area contributed by atoms with Gasteiger partial charge in [-0.25, -0.2) is 44.9 Å². The van der Waals surface area contributed by atoms with Crippen LogP contribution in [0.2, 0.25) is 0 Å². The molecule has 29 rings (SSSR count). The second-order valence-electron chi connectivity index (χ2n) is 35.8. The van der Waals surface area contributed by atoms with Crippen LogP contribution >= 0.6 is 0 Å². The van der Waals surface area contributed by atoms with E-state index in [1.807, 2.05) is 158 Å². The van der Waals surface area contributed by atoms with Crippen molar-refractivity contribution >= 4 is 131 Å². The third-order valence-electron chi connectivity index (χ3n) is 27.2. The lowest BCUT2D eigenvalue weighted by molar-refractivity contribution is 0.668. The molecule has 0 spiro atoms. The van der Waals surface area contributed by atoms with Crippen LogP contribution in [0.5, 0.6) is 0 Å². The van der Waals surface area contributed by atoms with Crippen LogP contribution in [0, 0.1) is 0 Å². The number of furan rings is 3. The number of nitrogens with zero attached hydrogens (tertiary/aromatic N) is 12. The summed E-state index contributed by atoms with van der Waals surface area (Å²) in [4.78, 5) is 45.3. The standard InChI is InChI=1S/2C45H28N4O.C39H24N4O/c1-2-13-29(14-3-1)43-46-44(31-16-10-15-30(27-31)34-22-12-23-38-37-21-6-9-26-41(37)50-42(34)38)48-45(47-43)32-17-11-18-33(28-32)49-39-24-7-4-19-35(39)36-20-5-8-25-40(36)49;1-2-11-29(12-3-1)43-46-44(30-21-24-34(25-22-30)49-39-18-7-4-15-35(39)36-16-5-8-19-40(36)49)48-45(47-43)33-14-10-13-31(27-33)32-23-26-42-38(28-32)37-17-6-9-20-41(37)50-42;1-2-12-25(13-3-1)37-40-38(42-39(41-37)32-20-11-19-31-30-18-6-9-23-35(30)44-36(31)32)26-14-10-15-27(24-26)43-33-21-7-4-16-28(33)29-17-5-8-22-34(29)43/h2*1-28H;1-24H. The van der Waals surface area contributed by atoms with Crippen LogP contribution < -0.4 is 0 Å². The molecule has 0 unspecified atom stereocenters. The zero-order chi connectivity index (χ0) is 95.1. The van der Waals surface area contributed by atoms with Crippen molar-refractivity contribution in [1.29, 1.82) is 0 Å². The summed E-state index contributed by atoms with van der Waals surface area (Å²) in [6.45, 7) is 0. The Bertz CT molecular complexity index is 9920. The van der Waals surface area contributed by atoms with Gasteiger partial charge in [-0.05, 0) is 150 Å². The van der Waals surface area contributed by atoms with E-state index in [4.69, 9.17) is 58.1 Å². The average Bonchev–Trinajstić information content (AvgIpc) is 1.59. The lowest BCUT2D eigenvalue weighted by Gasteiger charge is -2.12. The van der Waals surface area contributed by atoms with Gasteiger partial charge in [-0.2, -0.15) is 0 Å². The maximum Gasteiger partial charge on any atom is 0.167 e. The van der Waals surface area contributed by atoms with Gasteiger partial charge in [0.2, 0.25) is 0 Å². The van der Waals surface area contributed by atoms with Crippen LogP contribution in [0.25, 0.3) is 273 Å². The van der Waals surface area contributed by atoms with Crippen molar-refractivity contribution in [2.45, 2.75) is 0 Å². The molecule has 0 amide bonds. The number of para-hydroxylation sites is 11. The molecule has 0 saturated heterocycles. The molecule has 15 heteroatoms. The highest BCUT2D eigenvalue weighted by molar-refractivity contribution is 6.14. The largest absolute Gasteiger partial charge is 0.456 e. The highest BCUT2D eigenvalue weighted by Crippen LogP contribution is 2.44. The van der Waals surface area contributed by atoms with Gasteiger partial charge in [0.25, 0.3) is 0 Å². The number of rotatable bonds is 14. The number of hydrogen-bond donors (Lipinski definition) is 0. The molecule has 0 N–H and O–H groups in total. The van der Waals surface area contributed by atoms with E-state index in [1.54, 1.807) is 0 Å². The Hall–Kier alpha value is -19.8. The Morgan fingerprint density at radius 3 is 0.792 bits per heavy atom. The third-order valence-corrected chi connectivity index (χ3v) is 27.2. The lowest BCUT2D eigenvalue weighted by atomic mass is 10.00. The second kappa shape index (κ2) is 35.3. The van der Waals surface area contributed by atoms with Crippen molar-refractivity contribution in [3.8, 4) is 142 Å². The van der Waals surface area contributed by atoms with Gasteiger partial charge in [0.15, 0.2) is 52.4 Å². The first kappa shape index (κ1) is 83.6.